The van der Waals surface area contributed by atoms with Gasteiger partial charge in [-0.15, -0.1) is 0 Å². The second kappa shape index (κ2) is 3.97. The van der Waals surface area contributed by atoms with Crippen molar-refractivity contribution in [3.05, 3.63) is 18.0 Å². The molecule has 0 saturated carbocycles. The lowest BCUT2D eigenvalue weighted by atomic mass is 10.1. The minimum Gasteiger partial charge on any atom is -0.456 e. The number of hydrogen-bond acceptors (Lipinski definition) is 5. The van der Waals surface area contributed by atoms with E-state index < -0.39 is 11.6 Å². The minimum atomic E-state index is -0.562. The van der Waals surface area contributed by atoms with E-state index in [4.69, 9.17) is 10.5 Å². The van der Waals surface area contributed by atoms with Crippen molar-refractivity contribution < 1.29 is 9.53 Å². The zero-order valence-corrected chi connectivity index (χ0v) is 10.9. The van der Waals surface area contributed by atoms with Gasteiger partial charge in [-0.25, -0.2) is 9.78 Å². The molecule has 0 fully saturated rings. The van der Waals surface area contributed by atoms with Crippen LogP contribution in [0.3, 0.4) is 0 Å². The van der Waals surface area contributed by atoms with Crippen molar-refractivity contribution in [3.8, 4) is 0 Å². The van der Waals surface area contributed by atoms with Crippen LogP contribution < -0.4 is 5.73 Å². The van der Waals surface area contributed by atoms with E-state index in [0.717, 1.165) is 0 Å². The molecule has 2 aromatic heterocycles. The van der Waals surface area contributed by atoms with Gasteiger partial charge in [0.05, 0.1) is 17.3 Å². The summed E-state index contributed by atoms with van der Waals surface area (Å²) < 4.78 is 6.88. The highest BCUT2D eigenvalue weighted by molar-refractivity contribution is 6.03. The quantitative estimate of drug-likeness (QED) is 0.773. The molecule has 2 N–H and O–H groups in total. The van der Waals surface area contributed by atoms with Crippen molar-refractivity contribution >= 4 is 22.7 Å². The highest BCUT2D eigenvalue weighted by atomic mass is 16.6. The molecule has 18 heavy (non-hydrogen) atoms. The van der Waals surface area contributed by atoms with Gasteiger partial charge in [-0.1, -0.05) is 0 Å². The van der Waals surface area contributed by atoms with Gasteiger partial charge in [0.15, 0.2) is 5.65 Å². The fourth-order valence-corrected chi connectivity index (χ4v) is 1.61. The Hall–Kier alpha value is -2.11. The van der Waals surface area contributed by atoms with E-state index in [1.807, 2.05) is 0 Å². The van der Waals surface area contributed by atoms with Gasteiger partial charge in [-0.2, -0.15) is 5.10 Å². The Morgan fingerprint density at radius 2 is 2.06 bits per heavy atom. The molecule has 0 unspecified atom stereocenters. The largest absolute Gasteiger partial charge is 0.456 e. The molecule has 0 aliphatic carbocycles. The molecule has 0 aliphatic rings. The Morgan fingerprint density at radius 1 is 1.39 bits per heavy atom. The third-order valence-electron chi connectivity index (χ3n) is 2.42. The molecular formula is C12H16N4O2. The normalized spacial score (nSPS) is 11.8. The number of aryl methyl sites for hydroxylation is 1. The molecule has 2 heterocycles. The first-order valence-electron chi connectivity index (χ1n) is 5.59. The Bertz CT molecular complexity index is 610. The number of esters is 1. The average Bonchev–Trinajstić information content (AvgIpc) is 2.59. The summed E-state index contributed by atoms with van der Waals surface area (Å²) >= 11 is 0. The molecule has 2 aromatic rings. The van der Waals surface area contributed by atoms with Crippen LogP contribution >= 0.6 is 0 Å². The third-order valence-corrected chi connectivity index (χ3v) is 2.42. The maximum Gasteiger partial charge on any atom is 0.342 e. The summed E-state index contributed by atoms with van der Waals surface area (Å²) in [5, 5.41) is 4.71. The highest BCUT2D eigenvalue weighted by Gasteiger charge is 2.21. The average molecular weight is 248 g/mol. The lowest BCUT2D eigenvalue weighted by Crippen LogP contribution is -2.24. The molecule has 0 saturated heterocycles. The van der Waals surface area contributed by atoms with E-state index in [9.17, 15) is 4.79 Å². The fraction of sp³-hybridized carbons (Fsp3) is 0.417. The van der Waals surface area contributed by atoms with Crippen LogP contribution in [0.15, 0.2) is 12.4 Å². The lowest BCUT2D eigenvalue weighted by Gasteiger charge is -2.19. The maximum absolute atomic E-state index is 12.0. The summed E-state index contributed by atoms with van der Waals surface area (Å²) in [7, 11) is 1.77. The van der Waals surface area contributed by atoms with Crippen LogP contribution in [0.25, 0.3) is 11.0 Å². The van der Waals surface area contributed by atoms with Crippen LogP contribution in [-0.2, 0) is 11.8 Å². The van der Waals surface area contributed by atoms with Crippen molar-refractivity contribution in [1.82, 2.24) is 14.8 Å². The number of carbonyl (C=O) groups is 1. The Labute approximate surface area is 105 Å². The SMILES string of the molecule is Cn1ncc2c(N)c(C(=O)OC(C)(C)C)cnc21. The molecular weight excluding hydrogens is 232 g/mol. The van der Waals surface area contributed by atoms with Crippen molar-refractivity contribution in [3.63, 3.8) is 0 Å². The molecule has 0 atom stereocenters. The number of aromatic nitrogens is 3. The number of pyridine rings is 1. The van der Waals surface area contributed by atoms with Crippen molar-refractivity contribution in [2.45, 2.75) is 26.4 Å². The summed E-state index contributed by atoms with van der Waals surface area (Å²) in [5.41, 5.74) is 6.65. The van der Waals surface area contributed by atoms with Crippen LogP contribution in [0.1, 0.15) is 31.1 Å². The van der Waals surface area contributed by atoms with Crippen LogP contribution in [0.5, 0.6) is 0 Å². The second-order valence-electron chi connectivity index (χ2n) is 5.09. The standard InChI is InChI=1S/C12H16N4O2/c1-12(2,3)18-11(17)8-5-14-10-7(9(8)13)6-15-16(10)4/h5-6H,1-4H3,(H2,13,14). The number of hydrogen-bond donors (Lipinski definition) is 1. The van der Waals surface area contributed by atoms with Crippen LogP contribution in [0, 0.1) is 0 Å². The number of nitrogens with two attached hydrogens (primary N) is 1. The maximum atomic E-state index is 12.0. The van der Waals surface area contributed by atoms with E-state index in [2.05, 4.69) is 10.1 Å². The molecule has 0 bridgehead atoms. The van der Waals surface area contributed by atoms with Crippen molar-refractivity contribution in [2.75, 3.05) is 5.73 Å². The molecule has 6 nitrogen and oxygen atoms in total. The number of fused-ring (bicyclic) bond motifs is 1. The number of anilines is 1. The molecule has 0 radical (unpaired) electrons. The van der Waals surface area contributed by atoms with Crippen molar-refractivity contribution in [2.24, 2.45) is 7.05 Å². The summed E-state index contributed by atoms with van der Waals surface area (Å²) in [4.78, 5) is 16.1. The van der Waals surface area contributed by atoms with Gasteiger partial charge in [0, 0.05) is 13.2 Å². The summed E-state index contributed by atoms with van der Waals surface area (Å²) in [5.74, 6) is -0.474. The predicted octanol–water partition coefficient (Wildman–Crippen LogP) is 1.51. The van der Waals surface area contributed by atoms with Gasteiger partial charge in [0.25, 0.3) is 0 Å². The Balaban J connectivity index is 2.46. The Kier molecular flexibility index (Phi) is 2.73. The summed E-state index contributed by atoms with van der Waals surface area (Å²) in [6, 6.07) is 0. The molecule has 0 aliphatic heterocycles. The number of nitrogen functional groups attached to an aromatic ring is 1. The lowest BCUT2D eigenvalue weighted by molar-refractivity contribution is 0.00705. The highest BCUT2D eigenvalue weighted by Crippen LogP contribution is 2.24. The van der Waals surface area contributed by atoms with E-state index in [1.165, 1.54) is 6.20 Å². The zero-order chi connectivity index (χ0) is 13.5. The first-order chi connectivity index (χ1) is 8.29. The molecule has 6 heteroatoms. The first-order valence-corrected chi connectivity index (χ1v) is 5.59. The fourth-order valence-electron chi connectivity index (χ4n) is 1.61. The topological polar surface area (TPSA) is 83.0 Å². The Morgan fingerprint density at radius 3 is 2.67 bits per heavy atom. The van der Waals surface area contributed by atoms with Gasteiger partial charge in [0.2, 0.25) is 0 Å². The number of carbonyl (C=O) groups excluding carboxylic acids is 1. The van der Waals surface area contributed by atoms with E-state index >= 15 is 0 Å². The molecule has 0 aromatic carbocycles. The van der Waals surface area contributed by atoms with Crippen molar-refractivity contribution in [1.29, 1.82) is 0 Å². The first kappa shape index (κ1) is 12.3. The van der Waals surface area contributed by atoms with E-state index in [0.29, 0.717) is 16.7 Å². The third kappa shape index (κ3) is 2.13. The van der Waals surface area contributed by atoms with Gasteiger partial charge < -0.3 is 10.5 Å². The molecule has 0 spiro atoms. The van der Waals surface area contributed by atoms with E-state index in [1.54, 1.807) is 38.7 Å². The van der Waals surface area contributed by atoms with Crippen LogP contribution in [-0.4, -0.2) is 26.3 Å². The monoisotopic (exact) mass is 248 g/mol. The molecule has 96 valence electrons. The predicted molar refractivity (Wildman–Crippen MR) is 68.1 cm³/mol. The smallest absolute Gasteiger partial charge is 0.342 e. The van der Waals surface area contributed by atoms with Gasteiger partial charge >= 0.3 is 5.97 Å². The number of nitrogens with zero attached hydrogens (tertiary/aromatic N) is 3. The number of ether oxygens (including phenoxy) is 1. The molecule has 0 amide bonds. The summed E-state index contributed by atoms with van der Waals surface area (Å²) in [6.45, 7) is 5.41. The van der Waals surface area contributed by atoms with Gasteiger partial charge in [-0.3, -0.25) is 4.68 Å². The number of rotatable bonds is 1. The van der Waals surface area contributed by atoms with Crippen LogP contribution in [0.2, 0.25) is 0 Å². The second-order valence-corrected chi connectivity index (χ2v) is 5.09. The van der Waals surface area contributed by atoms with Gasteiger partial charge in [-0.05, 0) is 20.8 Å². The summed E-state index contributed by atoms with van der Waals surface area (Å²) in [6.07, 6.45) is 3.01. The van der Waals surface area contributed by atoms with E-state index in [-0.39, 0.29) is 5.56 Å². The zero-order valence-electron chi connectivity index (χ0n) is 10.9. The van der Waals surface area contributed by atoms with Crippen LogP contribution in [0.4, 0.5) is 5.69 Å². The van der Waals surface area contributed by atoms with Gasteiger partial charge in [0.1, 0.15) is 11.2 Å². The molecule has 2 rings (SSSR count). The minimum absolute atomic E-state index is 0.269.